The van der Waals surface area contributed by atoms with Crippen molar-refractivity contribution in [2.45, 2.75) is 6.54 Å². The third-order valence-electron chi connectivity index (χ3n) is 5.36. The number of methoxy groups -OCH3 is 2. The quantitative estimate of drug-likeness (QED) is 0.375. The van der Waals surface area contributed by atoms with Gasteiger partial charge in [0.2, 0.25) is 0 Å². The van der Waals surface area contributed by atoms with Crippen LogP contribution in [0.1, 0.15) is 5.56 Å². The zero-order valence-corrected chi connectivity index (χ0v) is 18.6. The van der Waals surface area contributed by atoms with Crippen LogP contribution in [-0.2, 0) is 6.54 Å². The Labute approximate surface area is 195 Å². The summed E-state index contributed by atoms with van der Waals surface area (Å²) in [5.41, 5.74) is 2.87. The zero-order valence-electron chi connectivity index (χ0n) is 18.6. The predicted molar refractivity (Wildman–Crippen MR) is 127 cm³/mol. The van der Waals surface area contributed by atoms with Crippen LogP contribution >= 0.6 is 0 Å². The normalized spacial score (nSPS) is 10.9. The first-order chi connectivity index (χ1) is 16.7. The Kier molecular flexibility index (Phi) is 5.73. The van der Waals surface area contributed by atoms with Crippen LogP contribution < -0.4 is 14.8 Å². The lowest BCUT2D eigenvalue weighted by molar-refractivity contribution is 0.413. The van der Waals surface area contributed by atoms with Gasteiger partial charge in [-0.05, 0) is 29.8 Å². The van der Waals surface area contributed by atoms with Crippen LogP contribution in [0.5, 0.6) is 11.5 Å². The molecule has 0 unspecified atom stereocenters. The van der Waals surface area contributed by atoms with E-state index in [1.54, 1.807) is 13.3 Å². The van der Waals surface area contributed by atoms with E-state index in [9.17, 15) is 4.39 Å². The van der Waals surface area contributed by atoms with Gasteiger partial charge in [0.1, 0.15) is 11.4 Å². The highest BCUT2D eigenvalue weighted by Crippen LogP contribution is 2.31. The van der Waals surface area contributed by atoms with Crippen LogP contribution in [0.4, 0.5) is 15.9 Å². The Morgan fingerprint density at radius 1 is 0.971 bits per heavy atom. The number of nitrogens with one attached hydrogen (secondary N) is 1. The molecule has 0 aliphatic carbocycles. The molecule has 0 aliphatic heterocycles. The van der Waals surface area contributed by atoms with E-state index < -0.39 is 5.82 Å². The van der Waals surface area contributed by atoms with Gasteiger partial charge in [0.15, 0.2) is 23.2 Å². The van der Waals surface area contributed by atoms with E-state index in [0.29, 0.717) is 29.6 Å². The number of nitrogens with zero attached hydrogens (tertiary/aromatic N) is 5. The van der Waals surface area contributed by atoms with E-state index in [1.165, 1.54) is 19.4 Å². The average Bonchev–Trinajstić information content (AvgIpc) is 3.24. The largest absolute Gasteiger partial charge is 0.497 e. The van der Waals surface area contributed by atoms with Crippen molar-refractivity contribution in [3.63, 3.8) is 0 Å². The standard InChI is InChI=1S/C25H21FN6O2/c1-33-17-9-7-16(8-10-17)15-32-21-6-4-3-5-18(21)23(31-32)25-28-14-22(34-2)24(30-25)29-20-11-12-27-13-19(20)26/h3-14H,15H2,1-2H3,(H,27,28,29,30). The molecule has 0 bridgehead atoms. The van der Waals surface area contributed by atoms with Gasteiger partial charge >= 0.3 is 0 Å². The summed E-state index contributed by atoms with van der Waals surface area (Å²) >= 11 is 0. The molecular weight excluding hydrogens is 435 g/mol. The summed E-state index contributed by atoms with van der Waals surface area (Å²) in [7, 11) is 3.15. The molecule has 3 heterocycles. The maximum Gasteiger partial charge on any atom is 0.183 e. The molecule has 0 fully saturated rings. The second-order valence-electron chi connectivity index (χ2n) is 7.46. The van der Waals surface area contributed by atoms with Crippen molar-refractivity contribution in [1.29, 1.82) is 0 Å². The minimum absolute atomic E-state index is 0.229. The van der Waals surface area contributed by atoms with Crippen molar-refractivity contribution in [3.05, 3.63) is 84.6 Å². The first-order valence-corrected chi connectivity index (χ1v) is 10.5. The number of hydrogen-bond acceptors (Lipinski definition) is 7. The Bertz CT molecular complexity index is 1450. The van der Waals surface area contributed by atoms with E-state index >= 15 is 0 Å². The lowest BCUT2D eigenvalue weighted by atomic mass is 10.2. The molecule has 0 amide bonds. The number of anilines is 2. The molecule has 5 rings (SSSR count). The number of rotatable bonds is 7. The number of ether oxygens (including phenoxy) is 2. The predicted octanol–water partition coefficient (Wildman–Crippen LogP) is 4.84. The second-order valence-corrected chi connectivity index (χ2v) is 7.46. The van der Waals surface area contributed by atoms with Gasteiger partial charge in [-0.15, -0.1) is 0 Å². The van der Waals surface area contributed by atoms with E-state index in [4.69, 9.17) is 14.6 Å². The van der Waals surface area contributed by atoms with Crippen LogP contribution in [0.25, 0.3) is 22.4 Å². The Balaban J connectivity index is 1.55. The minimum Gasteiger partial charge on any atom is -0.497 e. The number of halogens is 1. The van der Waals surface area contributed by atoms with E-state index in [-0.39, 0.29) is 5.69 Å². The summed E-state index contributed by atoms with van der Waals surface area (Å²) < 4.78 is 26.7. The summed E-state index contributed by atoms with van der Waals surface area (Å²) in [6.45, 7) is 0.563. The van der Waals surface area contributed by atoms with Crippen molar-refractivity contribution >= 4 is 22.4 Å². The smallest absolute Gasteiger partial charge is 0.183 e. The number of aromatic nitrogens is 5. The lowest BCUT2D eigenvalue weighted by Crippen LogP contribution is -2.04. The molecular formula is C25H21FN6O2. The summed E-state index contributed by atoms with van der Waals surface area (Å²) in [5, 5.41) is 8.70. The molecule has 0 radical (unpaired) electrons. The van der Waals surface area contributed by atoms with Crippen molar-refractivity contribution in [2.24, 2.45) is 0 Å². The lowest BCUT2D eigenvalue weighted by Gasteiger charge is -2.11. The molecule has 170 valence electrons. The monoisotopic (exact) mass is 456 g/mol. The van der Waals surface area contributed by atoms with Crippen molar-refractivity contribution in [1.82, 2.24) is 24.7 Å². The summed E-state index contributed by atoms with van der Waals surface area (Å²) in [6.07, 6.45) is 4.17. The zero-order chi connectivity index (χ0) is 23.5. The molecule has 3 aromatic heterocycles. The fourth-order valence-corrected chi connectivity index (χ4v) is 3.64. The molecule has 0 aliphatic rings. The van der Waals surface area contributed by atoms with Crippen molar-refractivity contribution < 1.29 is 13.9 Å². The highest BCUT2D eigenvalue weighted by molar-refractivity contribution is 5.92. The number of pyridine rings is 1. The van der Waals surface area contributed by atoms with Gasteiger partial charge < -0.3 is 14.8 Å². The molecule has 8 nitrogen and oxygen atoms in total. The molecule has 0 spiro atoms. The molecule has 9 heteroatoms. The van der Waals surface area contributed by atoms with Gasteiger partial charge in [0.05, 0.1) is 44.4 Å². The van der Waals surface area contributed by atoms with Gasteiger partial charge in [-0.25, -0.2) is 14.4 Å². The number of hydrogen-bond donors (Lipinski definition) is 1. The van der Waals surface area contributed by atoms with E-state index in [0.717, 1.165) is 28.4 Å². The van der Waals surface area contributed by atoms with Crippen LogP contribution in [0, 0.1) is 5.82 Å². The minimum atomic E-state index is -0.501. The van der Waals surface area contributed by atoms with Gasteiger partial charge in [0, 0.05) is 11.6 Å². The van der Waals surface area contributed by atoms with E-state index in [2.05, 4.69) is 20.3 Å². The number of benzene rings is 2. The van der Waals surface area contributed by atoms with Crippen LogP contribution in [0.15, 0.2) is 73.2 Å². The topological polar surface area (TPSA) is 87.0 Å². The van der Waals surface area contributed by atoms with Gasteiger partial charge in [-0.1, -0.05) is 30.3 Å². The number of para-hydroxylation sites is 1. The summed E-state index contributed by atoms with van der Waals surface area (Å²) in [4.78, 5) is 12.9. The molecule has 1 N–H and O–H groups in total. The molecule has 34 heavy (non-hydrogen) atoms. The Morgan fingerprint density at radius 3 is 2.56 bits per heavy atom. The summed E-state index contributed by atoms with van der Waals surface area (Å²) in [5.74, 6) is 1.39. The number of fused-ring (bicyclic) bond motifs is 1. The van der Waals surface area contributed by atoms with Gasteiger partial charge in [-0.2, -0.15) is 5.10 Å². The Hall–Kier alpha value is -4.53. The highest BCUT2D eigenvalue weighted by Gasteiger charge is 2.18. The molecule has 5 aromatic rings. The molecule has 0 atom stereocenters. The fraction of sp³-hybridized carbons (Fsp3) is 0.120. The van der Waals surface area contributed by atoms with Crippen molar-refractivity contribution in [2.75, 3.05) is 19.5 Å². The van der Waals surface area contributed by atoms with Crippen molar-refractivity contribution in [3.8, 4) is 23.0 Å². The third-order valence-corrected chi connectivity index (χ3v) is 5.36. The summed E-state index contributed by atoms with van der Waals surface area (Å²) in [6, 6.07) is 17.3. The molecule has 0 saturated carbocycles. The maximum atomic E-state index is 14.2. The molecule has 0 saturated heterocycles. The highest BCUT2D eigenvalue weighted by atomic mass is 19.1. The van der Waals surface area contributed by atoms with Crippen LogP contribution in [-0.4, -0.2) is 39.0 Å². The second kappa shape index (κ2) is 9.14. The first-order valence-electron chi connectivity index (χ1n) is 10.5. The average molecular weight is 456 g/mol. The Morgan fingerprint density at radius 2 is 1.79 bits per heavy atom. The fourth-order valence-electron chi connectivity index (χ4n) is 3.64. The SMILES string of the molecule is COc1ccc(Cn2nc(-c3ncc(OC)c(Nc4ccncc4F)n3)c3ccccc32)cc1. The van der Waals surface area contributed by atoms with Gasteiger partial charge in [0.25, 0.3) is 0 Å². The van der Waals surface area contributed by atoms with Crippen LogP contribution in [0.2, 0.25) is 0 Å². The third kappa shape index (κ3) is 4.11. The van der Waals surface area contributed by atoms with Crippen LogP contribution in [0.3, 0.4) is 0 Å². The molecule has 2 aromatic carbocycles. The first kappa shape index (κ1) is 21.3. The van der Waals surface area contributed by atoms with E-state index in [1.807, 2.05) is 53.2 Å². The maximum absolute atomic E-state index is 14.2. The van der Waals surface area contributed by atoms with Gasteiger partial charge in [-0.3, -0.25) is 9.67 Å².